The molecule has 0 amide bonds. The maximum Gasteiger partial charge on any atom is 0.139 e. The van der Waals surface area contributed by atoms with Crippen molar-refractivity contribution in [3.05, 3.63) is 41.2 Å². The van der Waals surface area contributed by atoms with Gasteiger partial charge in [0.05, 0.1) is 11.6 Å². The highest BCUT2D eigenvalue weighted by atomic mass is 15.1. The van der Waals surface area contributed by atoms with E-state index in [-0.39, 0.29) is 5.41 Å². The van der Waals surface area contributed by atoms with Crippen molar-refractivity contribution in [2.75, 3.05) is 11.1 Å². The zero-order chi connectivity index (χ0) is 15.6. The van der Waals surface area contributed by atoms with E-state index in [0.717, 1.165) is 11.3 Å². The monoisotopic (exact) mass is 281 g/mol. The predicted molar refractivity (Wildman–Crippen MR) is 84.3 cm³/mol. The SMILES string of the molecule is Cc1c(N)nc(C(C)(C)C)nc1Nc1ccc(C#N)cc1. The van der Waals surface area contributed by atoms with Gasteiger partial charge in [-0.15, -0.1) is 0 Å². The summed E-state index contributed by atoms with van der Waals surface area (Å²) in [7, 11) is 0. The number of nitrogens with two attached hydrogens (primary N) is 1. The number of rotatable bonds is 2. The van der Waals surface area contributed by atoms with Gasteiger partial charge in [0, 0.05) is 16.7 Å². The topological polar surface area (TPSA) is 87.6 Å². The molecule has 2 rings (SSSR count). The molecule has 2 aromatic rings. The van der Waals surface area contributed by atoms with Crippen molar-refractivity contribution in [3.63, 3.8) is 0 Å². The number of hydrogen-bond donors (Lipinski definition) is 2. The number of aromatic nitrogens is 2. The van der Waals surface area contributed by atoms with E-state index in [9.17, 15) is 0 Å². The summed E-state index contributed by atoms with van der Waals surface area (Å²) >= 11 is 0. The molecule has 0 atom stereocenters. The molecule has 3 N–H and O–H groups in total. The van der Waals surface area contributed by atoms with E-state index < -0.39 is 0 Å². The lowest BCUT2D eigenvalue weighted by Crippen LogP contribution is -2.18. The summed E-state index contributed by atoms with van der Waals surface area (Å²) < 4.78 is 0. The Kier molecular flexibility index (Phi) is 3.81. The molecule has 0 fully saturated rings. The second kappa shape index (κ2) is 5.41. The minimum absolute atomic E-state index is 0.178. The van der Waals surface area contributed by atoms with E-state index in [2.05, 4.69) is 21.4 Å². The molecule has 0 saturated heterocycles. The van der Waals surface area contributed by atoms with Gasteiger partial charge in [-0.2, -0.15) is 5.26 Å². The minimum Gasteiger partial charge on any atom is -0.383 e. The second-order valence-electron chi connectivity index (χ2n) is 5.97. The van der Waals surface area contributed by atoms with Crippen molar-refractivity contribution in [1.82, 2.24) is 9.97 Å². The van der Waals surface area contributed by atoms with Crippen LogP contribution in [0, 0.1) is 18.3 Å². The van der Waals surface area contributed by atoms with Crippen molar-refractivity contribution in [3.8, 4) is 6.07 Å². The lowest BCUT2D eigenvalue weighted by Gasteiger charge is -2.19. The summed E-state index contributed by atoms with van der Waals surface area (Å²) in [6.45, 7) is 8.02. The molecular formula is C16H19N5. The molecule has 1 heterocycles. The average Bonchev–Trinajstić information content (AvgIpc) is 2.43. The Labute approximate surface area is 124 Å². The Balaban J connectivity index is 2.39. The van der Waals surface area contributed by atoms with E-state index in [4.69, 9.17) is 11.0 Å². The largest absolute Gasteiger partial charge is 0.383 e. The highest BCUT2D eigenvalue weighted by molar-refractivity contribution is 5.64. The van der Waals surface area contributed by atoms with E-state index in [1.807, 2.05) is 39.8 Å². The van der Waals surface area contributed by atoms with Crippen molar-refractivity contribution < 1.29 is 0 Å². The quantitative estimate of drug-likeness (QED) is 0.882. The van der Waals surface area contributed by atoms with Gasteiger partial charge in [0.2, 0.25) is 0 Å². The molecule has 0 aliphatic heterocycles. The van der Waals surface area contributed by atoms with Crippen LogP contribution in [-0.4, -0.2) is 9.97 Å². The highest BCUT2D eigenvalue weighted by Gasteiger charge is 2.20. The third kappa shape index (κ3) is 3.29. The summed E-state index contributed by atoms with van der Waals surface area (Å²) in [5, 5.41) is 12.1. The van der Waals surface area contributed by atoms with Crippen LogP contribution in [-0.2, 0) is 5.41 Å². The van der Waals surface area contributed by atoms with Crippen LogP contribution in [0.5, 0.6) is 0 Å². The van der Waals surface area contributed by atoms with Crippen molar-refractivity contribution >= 4 is 17.3 Å². The number of nitriles is 1. The van der Waals surface area contributed by atoms with Crippen LogP contribution < -0.4 is 11.1 Å². The molecule has 0 unspecified atom stereocenters. The van der Waals surface area contributed by atoms with Crippen LogP contribution in [0.1, 0.15) is 37.7 Å². The zero-order valence-electron chi connectivity index (χ0n) is 12.7. The van der Waals surface area contributed by atoms with E-state index in [1.54, 1.807) is 12.1 Å². The third-order valence-electron chi connectivity index (χ3n) is 3.13. The van der Waals surface area contributed by atoms with Gasteiger partial charge < -0.3 is 11.1 Å². The van der Waals surface area contributed by atoms with Gasteiger partial charge in [0.15, 0.2) is 0 Å². The minimum atomic E-state index is -0.178. The Morgan fingerprint density at radius 1 is 1.14 bits per heavy atom. The Hall–Kier alpha value is -2.61. The normalized spacial score (nSPS) is 11.0. The fourth-order valence-corrected chi connectivity index (χ4v) is 1.76. The Morgan fingerprint density at radius 3 is 2.29 bits per heavy atom. The number of anilines is 3. The first-order valence-corrected chi connectivity index (χ1v) is 6.73. The smallest absolute Gasteiger partial charge is 0.139 e. The van der Waals surface area contributed by atoms with Crippen LogP contribution in [0.3, 0.4) is 0 Å². The standard InChI is InChI=1S/C16H19N5/c1-10-13(18)20-15(16(2,3)4)21-14(10)19-12-7-5-11(9-17)6-8-12/h5-8H,1-4H3,(H3,18,19,20,21). The molecule has 0 saturated carbocycles. The van der Waals surface area contributed by atoms with Crippen LogP contribution in [0.2, 0.25) is 0 Å². The first-order valence-electron chi connectivity index (χ1n) is 6.73. The van der Waals surface area contributed by atoms with Gasteiger partial charge in [0.1, 0.15) is 17.5 Å². The number of nitrogens with one attached hydrogen (secondary N) is 1. The fourth-order valence-electron chi connectivity index (χ4n) is 1.76. The van der Waals surface area contributed by atoms with Crippen LogP contribution >= 0.6 is 0 Å². The van der Waals surface area contributed by atoms with E-state index in [0.29, 0.717) is 23.0 Å². The summed E-state index contributed by atoms with van der Waals surface area (Å²) in [6.07, 6.45) is 0. The van der Waals surface area contributed by atoms with Crippen LogP contribution in [0.4, 0.5) is 17.3 Å². The number of hydrogen-bond acceptors (Lipinski definition) is 5. The van der Waals surface area contributed by atoms with Crippen LogP contribution in [0.25, 0.3) is 0 Å². The van der Waals surface area contributed by atoms with Crippen molar-refractivity contribution in [2.24, 2.45) is 0 Å². The molecule has 1 aromatic carbocycles. The van der Waals surface area contributed by atoms with E-state index >= 15 is 0 Å². The molecule has 1 aromatic heterocycles. The maximum absolute atomic E-state index is 8.82. The van der Waals surface area contributed by atoms with Gasteiger partial charge in [-0.3, -0.25) is 0 Å². The lowest BCUT2D eigenvalue weighted by molar-refractivity contribution is 0.546. The highest BCUT2D eigenvalue weighted by Crippen LogP contribution is 2.26. The van der Waals surface area contributed by atoms with E-state index in [1.165, 1.54) is 0 Å². The maximum atomic E-state index is 8.82. The molecular weight excluding hydrogens is 262 g/mol. The van der Waals surface area contributed by atoms with Gasteiger partial charge in [-0.25, -0.2) is 9.97 Å². The molecule has 5 heteroatoms. The Morgan fingerprint density at radius 2 is 1.76 bits per heavy atom. The summed E-state index contributed by atoms with van der Waals surface area (Å²) in [5.74, 6) is 1.87. The van der Waals surface area contributed by atoms with Gasteiger partial charge in [-0.05, 0) is 31.2 Å². The lowest BCUT2D eigenvalue weighted by atomic mass is 9.95. The Bertz CT molecular complexity index is 690. The summed E-state index contributed by atoms with van der Waals surface area (Å²) in [6, 6.07) is 9.29. The molecule has 21 heavy (non-hydrogen) atoms. The molecule has 0 bridgehead atoms. The summed E-state index contributed by atoms with van der Waals surface area (Å²) in [4.78, 5) is 8.93. The van der Waals surface area contributed by atoms with Crippen LogP contribution in [0.15, 0.2) is 24.3 Å². The predicted octanol–water partition coefficient (Wildman–Crippen LogP) is 3.28. The molecule has 0 radical (unpaired) electrons. The second-order valence-corrected chi connectivity index (χ2v) is 5.97. The van der Waals surface area contributed by atoms with Gasteiger partial charge in [-0.1, -0.05) is 20.8 Å². The van der Waals surface area contributed by atoms with Gasteiger partial charge >= 0.3 is 0 Å². The number of benzene rings is 1. The fraction of sp³-hybridized carbons (Fsp3) is 0.312. The van der Waals surface area contributed by atoms with Crippen molar-refractivity contribution in [2.45, 2.75) is 33.1 Å². The molecule has 0 aliphatic rings. The average molecular weight is 281 g/mol. The number of nitrogens with zero attached hydrogens (tertiary/aromatic N) is 3. The third-order valence-corrected chi connectivity index (χ3v) is 3.13. The molecule has 0 spiro atoms. The molecule has 0 aliphatic carbocycles. The first kappa shape index (κ1) is 14.8. The molecule has 5 nitrogen and oxygen atoms in total. The molecule has 108 valence electrons. The van der Waals surface area contributed by atoms with Crippen molar-refractivity contribution in [1.29, 1.82) is 5.26 Å². The first-order chi connectivity index (χ1) is 9.81. The number of nitrogen functional groups attached to an aromatic ring is 1. The zero-order valence-corrected chi connectivity index (χ0v) is 12.7. The van der Waals surface area contributed by atoms with Gasteiger partial charge in [0.25, 0.3) is 0 Å². The summed E-state index contributed by atoms with van der Waals surface area (Å²) in [5.41, 5.74) is 8.09.